The Labute approximate surface area is 137 Å². The van der Waals surface area contributed by atoms with Crippen molar-refractivity contribution in [2.24, 2.45) is 0 Å². The minimum Gasteiger partial charge on any atom is -0.504 e. The molecule has 0 saturated heterocycles. The summed E-state index contributed by atoms with van der Waals surface area (Å²) < 4.78 is 14.4. The fourth-order valence-corrected chi connectivity index (χ4v) is 3.66. The van der Waals surface area contributed by atoms with Crippen LogP contribution in [0.4, 0.5) is 4.39 Å². The van der Waals surface area contributed by atoms with Crippen LogP contribution in [0.1, 0.15) is 10.5 Å². The van der Waals surface area contributed by atoms with Crippen LogP contribution in [-0.2, 0) is 4.79 Å². The monoisotopic (exact) mass is 354 g/mol. The first-order chi connectivity index (χ1) is 10.9. The summed E-state index contributed by atoms with van der Waals surface area (Å²) in [6, 6.07) is 4.41. The second kappa shape index (κ2) is 5.64. The maximum absolute atomic E-state index is 13.9. The molecule has 0 aliphatic carbocycles. The van der Waals surface area contributed by atoms with Crippen molar-refractivity contribution in [2.75, 3.05) is 6.54 Å². The van der Waals surface area contributed by atoms with Crippen LogP contribution in [0.25, 0.3) is 20.2 Å². The van der Waals surface area contributed by atoms with E-state index in [0.29, 0.717) is 10.8 Å². The van der Waals surface area contributed by atoms with Gasteiger partial charge in [-0.05, 0) is 6.07 Å². The molecule has 2 aromatic heterocycles. The van der Waals surface area contributed by atoms with Gasteiger partial charge in [-0.2, -0.15) is 0 Å². The second-order valence-corrected chi connectivity index (χ2v) is 5.98. The highest BCUT2D eigenvalue weighted by molar-refractivity contribution is 7.26. The Hall–Kier alpha value is -2.45. The number of aromatic hydroxyl groups is 1. The highest BCUT2D eigenvalue weighted by Gasteiger charge is 2.23. The second-order valence-electron chi connectivity index (χ2n) is 4.60. The Morgan fingerprint density at radius 1 is 1.35 bits per heavy atom. The Balaban J connectivity index is 2.22. The van der Waals surface area contributed by atoms with Crippen molar-refractivity contribution in [1.29, 1.82) is 0 Å². The summed E-state index contributed by atoms with van der Waals surface area (Å²) in [5.41, 5.74) is -0.407. The van der Waals surface area contributed by atoms with Crippen LogP contribution in [0.5, 0.6) is 5.75 Å². The molecule has 118 valence electrons. The molecule has 0 aliphatic heterocycles. The maximum Gasteiger partial charge on any atom is 0.322 e. The first kappa shape index (κ1) is 15.4. The van der Waals surface area contributed by atoms with Gasteiger partial charge in [0.15, 0.2) is 11.4 Å². The molecule has 0 radical (unpaired) electrons. The molecule has 2 heterocycles. The number of nitrogens with one attached hydrogen (secondary N) is 1. The molecule has 0 saturated carbocycles. The van der Waals surface area contributed by atoms with Crippen LogP contribution in [0.15, 0.2) is 18.2 Å². The number of thiophene rings is 1. The molecule has 3 rings (SSSR count). The Morgan fingerprint density at radius 2 is 2.09 bits per heavy atom. The number of fused-ring (bicyclic) bond motifs is 3. The average Bonchev–Trinajstić information content (AvgIpc) is 2.90. The van der Waals surface area contributed by atoms with Crippen LogP contribution < -0.4 is 5.32 Å². The van der Waals surface area contributed by atoms with E-state index in [1.165, 1.54) is 12.1 Å². The van der Waals surface area contributed by atoms with Gasteiger partial charge in [0.05, 0.1) is 9.40 Å². The molecule has 23 heavy (non-hydrogen) atoms. The molecule has 9 heteroatoms. The van der Waals surface area contributed by atoms with Crippen molar-refractivity contribution < 1.29 is 24.2 Å². The lowest BCUT2D eigenvalue weighted by Gasteiger charge is -2.06. The van der Waals surface area contributed by atoms with Gasteiger partial charge in [-0.15, -0.1) is 11.3 Å². The summed E-state index contributed by atoms with van der Waals surface area (Å²) in [5.74, 6) is -3.07. The van der Waals surface area contributed by atoms with Crippen LogP contribution >= 0.6 is 22.9 Å². The van der Waals surface area contributed by atoms with Gasteiger partial charge >= 0.3 is 5.97 Å². The summed E-state index contributed by atoms with van der Waals surface area (Å²) in [4.78, 5) is 26.2. The number of carboxylic acids is 1. The van der Waals surface area contributed by atoms with E-state index in [2.05, 4.69) is 10.3 Å². The number of benzene rings is 1. The summed E-state index contributed by atoms with van der Waals surface area (Å²) >= 11 is 7.02. The van der Waals surface area contributed by atoms with E-state index in [1.807, 2.05) is 0 Å². The molecular formula is C14H8ClFN2O4S. The van der Waals surface area contributed by atoms with Gasteiger partial charge in [0, 0.05) is 10.8 Å². The Bertz CT molecular complexity index is 972. The normalized spacial score (nSPS) is 11.0. The molecule has 3 N–H and O–H groups in total. The van der Waals surface area contributed by atoms with Gasteiger partial charge in [0.1, 0.15) is 17.5 Å². The first-order valence-corrected chi connectivity index (χ1v) is 7.48. The molecule has 3 aromatic rings. The number of halogens is 2. The number of rotatable bonds is 3. The lowest BCUT2D eigenvalue weighted by Crippen LogP contribution is -2.30. The van der Waals surface area contributed by atoms with Gasteiger partial charge in [0.25, 0.3) is 5.91 Å². The number of hydrogen-bond donors (Lipinski definition) is 3. The zero-order chi connectivity index (χ0) is 16.7. The van der Waals surface area contributed by atoms with Crippen molar-refractivity contribution in [3.8, 4) is 5.75 Å². The predicted molar refractivity (Wildman–Crippen MR) is 83.7 cm³/mol. The van der Waals surface area contributed by atoms with Crippen molar-refractivity contribution in [2.45, 2.75) is 0 Å². The number of amides is 1. The van der Waals surface area contributed by atoms with Crippen molar-refractivity contribution in [3.63, 3.8) is 0 Å². The quantitative estimate of drug-likeness (QED) is 0.628. The molecule has 1 amide bonds. The van der Waals surface area contributed by atoms with Crippen LogP contribution in [0, 0.1) is 5.82 Å². The average molecular weight is 355 g/mol. The van der Waals surface area contributed by atoms with E-state index in [0.717, 1.165) is 11.3 Å². The van der Waals surface area contributed by atoms with Crippen molar-refractivity contribution >= 4 is 55.0 Å². The van der Waals surface area contributed by atoms with Crippen LogP contribution in [0.3, 0.4) is 0 Å². The van der Waals surface area contributed by atoms with Gasteiger partial charge in [0.2, 0.25) is 0 Å². The molecular weight excluding hydrogens is 347 g/mol. The van der Waals surface area contributed by atoms with Crippen molar-refractivity contribution in [1.82, 2.24) is 10.3 Å². The minimum absolute atomic E-state index is 0.0740. The highest BCUT2D eigenvalue weighted by Crippen LogP contribution is 2.43. The lowest BCUT2D eigenvalue weighted by molar-refractivity contribution is -0.135. The number of carbonyl (C=O) groups excluding carboxylic acids is 1. The molecule has 0 fully saturated rings. The SMILES string of the molecule is O=C(O)CNC(=O)c1nc(Cl)c2c(sc3c(F)cccc32)c1O. The summed E-state index contributed by atoms with van der Waals surface area (Å²) in [6.07, 6.45) is 0. The van der Waals surface area contributed by atoms with Gasteiger partial charge in [-0.25, -0.2) is 9.37 Å². The molecule has 0 atom stereocenters. The summed E-state index contributed by atoms with van der Waals surface area (Å²) in [6.45, 7) is -0.628. The number of aromatic nitrogens is 1. The van der Waals surface area contributed by atoms with E-state index < -0.39 is 35.7 Å². The number of carbonyl (C=O) groups is 2. The largest absolute Gasteiger partial charge is 0.504 e. The Morgan fingerprint density at radius 3 is 2.78 bits per heavy atom. The molecule has 0 aliphatic rings. The maximum atomic E-state index is 13.9. The van der Waals surface area contributed by atoms with Gasteiger partial charge in [-0.1, -0.05) is 23.7 Å². The smallest absolute Gasteiger partial charge is 0.322 e. The summed E-state index contributed by atoms with van der Waals surface area (Å²) in [7, 11) is 0. The fraction of sp³-hybridized carbons (Fsp3) is 0.0714. The molecule has 6 nitrogen and oxygen atoms in total. The number of aliphatic carboxylic acids is 1. The van der Waals surface area contributed by atoms with Crippen LogP contribution in [0.2, 0.25) is 5.15 Å². The zero-order valence-corrected chi connectivity index (χ0v) is 12.8. The van der Waals surface area contributed by atoms with E-state index in [-0.39, 0.29) is 14.6 Å². The summed E-state index contributed by atoms with van der Waals surface area (Å²) in [5, 5.41) is 21.7. The third-order valence-electron chi connectivity index (χ3n) is 3.14. The molecule has 0 spiro atoms. The number of hydrogen-bond acceptors (Lipinski definition) is 5. The fourth-order valence-electron chi connectivity index (χ4n) is 2.17. The molecule has 0 bridgehead atoms. The number of nitrogens with zero attached hydrogens (tertiary/aromatic N) is 1. The van der Waals surface area contributed by atoms with E-state index in [1.54, 1.807) is 6.07 Å². The topological polar surface area (TPSA) is 99.5 Å². The first-order valence-electron chi connectivity index (χ1n) is 6.29. The standard InChI is InChI=1S/C14H8ClFN2O4S/c15-13-8-5-2-1-3-6(16)11(5)23-12(8)10(21)9(18-13)14(22)17-4-7(19)20/h1-3,21H,4H2,(H,17,22)(H,19,20). The van der Waals surface area contributed by atoms with E-state index in [9.17, 15) is 19.1 Å². The third-order valence-corrected chi connectivity index (χ3v) is 4.63. The van der Waals surface area contributed by atoms with Crippen LogP contribution in [-0.4, -0.2) is 33.6 Å². The number of carboxylic acid groups (broad SMARTS) is 1. The highest BCUT2D eigenvalue weighted by atomic mass is 35.5. The lowest BCUT2D eigenvalue weighted by atomic mass is 10.1. The minimum atomic E-state index is -1.24. The Kier molecular flexibility index (Phi) is 3.78. The van der Waals surface area contributed by atoms with Gasteiger partial charge in [-0.3, -0.25) is 9.59 Å². The zero-order valence-electron chi connectivity index (χ0n) is 11.3. The molecule has 0 unspecified atom stereocenters. The predicted octanol–water partition coefficient (Wildman–Crippen LogP) is 2.76. The third kappa shape index (κ3) is 2.55. The van der Waals surface area contributed by atoms with Crippen molar-refractivity contribution in [3.05, 3.63) is 34.9 Å². The van der Waals surface area contributed by atoms with Gasteiger partial charge < -0.3 is 15.5 Å². The number of pyridine rings is 1. The molecule has 1 aromatic carbocycles. The van der Waals surface area contributed by atoms with E-state index >= 15 is 0 Å². The van der Waals surface area contributed by atoms with E-state index in [4.69, 9.17) is 16.7 Å².